The Balaban J connectivity index is 1.70. The van der Waals surface area contributed by atoms with Crippen LogP contribution >= 0.6 is 11.6 Å². The van der Waals surface area contributed by atoms with Gasteiger partial charge in [-0.3, -0.25) is 0 Å². The monoisotopic (exact) mass is 365 g/mol. The molecule has 0 amide bonds. The summed E-state index contributed by atoms with van der Waals surface area (Å²) in [7, 11) is 0. The van der Waals surface area contributed by atoms with Gasteiger partial charge in [0, 0.05) is 11.1 Å². The molecule has 0 aromatic heterocycles. The molecule has 2 N–H and O–H groups in total. The minimum absolute atomic E-state index is 0.128. The first-order valence-corrected chi connectivity index (χ1v) is 9.34. The summed E-state index contributed by atoms with van der Waals surface area (Å²) in [4.78, 5) is 0. The Morgan fingerprint density at radius 1 is 0.846 bits per heavy atom. The van der Waals surface area contributed by atoms with Crippen molar-refractivity contribution >= 4 is 11.6 Å². The van der Waals surface area contributed by atoms with E-state index in [1.54, 1.807) is 12.1 Å². The maximum Gasteiger partial charge on any atom is 0.115 e. The Kier molecular flexibility index (Phi) is 6.32. The molecule has 0 saturated carbocycles. The number of hydrogen-bond acceptors (Lipinski definition) is 2. The number of benzene rings is 3. The van der Waals surface area contributed by atoms with E-state index in [9.17, 15) is 5.11 Å². The van der Waals surface area contributed by atoms with E-state index in [1.165, 1.54) is 16.7 Å². The zero-order valence-corrected chi connectivity index (χ0v) is 15.7. The van der Waals surface area contributed by atoms with Gasteiger partial charge in [-0.15, -0.1) is 0 Å². The second kappa shape index (κ2) is 8.88. The lowest BCUT2D eigenvalue weighted by Crippen LogP contribution is -2.31. The molecular weight excluding hydrogens is 342 g/mol. The highest BCUT2D eigenvalue weighted by Crippen LogP contribution is 2.24. The SMILES string of the molecule is C[C@@H](CCc1ccc(O)cc1)N[C@@H](c1ccccc1)c1ccc(Cl)cc1. The second-order valence-electron chi connectivity index (χ2n) is 6.67. The van der Waals surface area contributed by atoms with Crippen molar-refractivity contribution in [1.82, 2.24) is 5.32 Å². The van der Waals surface area contributed by atoms with Gasteiger partial charge >= 0.3 is 0 Å². The van der Waals surface area contributed by atoms with Gasteiger partial charge in [0.15, 0.2) is 0 Å². The highest BCUT2D eigenvalue weighted by molar-refractivity contribution is 6.30. The van der Waals surface area contributed by atoms with Crippen LogP contribution in [0.2, 0.25) is 5.02 Å². The molecule has 2 nitrogen and oxygen atoms in total. The third-order valence-electron chi connectivity index (χ3n) is 4.59. The first kappa shape index (κ1) is 18.5. The Morgan fingerprint density at radius 2 is 1.46 bits per heavy atom. The fourth-order valence-electron chi connectivity index (χ4n) is 3.10. The van der Waals surface area contributed by atoms with Gasteiger partial charge in [0.05, 0.1) is 6.04 Å². The van der Waals surface area contributed by atoms with Gasteiger partial charge in [0.2, 0.25) is 0 Å². The maximum absolute atomic E-state index is 9.40. The number of phenols is 1. The van der Waals surface area contributed by atoms with Crippen molar-refractivity contribution in [1.29, 1.82) is 0 Å². The van der Waals surface area contributed by atoms with E-state index in [-0.39, 0.29) is 6.04 Å². The molecule has 2 atom stereocenters. The summed E-state index contributed by atoms with van der Waals surface area (Å²) in [6.45, 7) is 2.21. The molecule has 3 rings (SSSR count). The van der Waals surface area contributed by atoms with Crippen LogP contribution in [0.4, 0.5) is 0 Å². The molecule has 0 aliphatic rings. The number of hydrogen-bond donors (Lipinski definition) is 2. The Morgan fingerprint density at radius 3 is 2.12 bits per heavy atom. The average Bonchev–Trinajstić information content (AvgIpc) is 2.67. The van der Waals surface area contributed by atoms with E-state index in [1.807, 2.05) is 30.3 Å². The van der Waals surface area contributed by atoms with Crippen LogP contribution in [0.1, 0.15) is 36.1 Å². The van der Waals surface area contributed by atoms with Gasteiger partial charge in [-0.25, -0.2) is 0 Å². The van der Waals surface area contributed by atoms with Crippen LogP contribution in [-0.2, 0) is 6.42 Å². The van der Waals surface area contributed by atoms with Crippen LogP contribution < -0.4 is 5.32 Å². The molecule has 0 bridgehead atoms. The van der Waals surface area contributed by atoms with Gasteiger partial charge in [0.1, 0.15) is 5.75 Å². The van der Waals surface area contributed by atoms with Crippen LogP contribution in [-0.4, -0.2) is 11.1 Å². The van der Waals surface area contributed by atoms with Crippen molar-refractivity contribution in [3.8, 4) is 5.75 Å². The zero-order valence-electron chi connectivity index (χ0n) is 14.9. The van der Waals surface area contributed by atoms with Crippen molar-refractivity contribution in [2.24, 2.45) is 0 Å². The zero-order chi connectivity index (χ0) is 18.4. The summed E-state index contributed by atoms with van der Waals surface area (Å²) in [5, 5.41) is 13.9. The first-order chi connectivity index (χ1) is 12.6. The summed E-state index contributed by atoms with van der Waals surface area (Å²) in [5.41, 5.74) is 3.68. The predicted molar refractivity (Wildman–Crippen MR) is 109 cm³/mol. The van der Waals surface area contributed by atoms with Crippen molar-refractivity contribution < 1.29 is 5.11 Å². The molecule has 134 valence electrons. The summed E-state index contributed by atoms with van der Waals surface area (Å²) in [5.74, 6) is 0.312. The summed E-state index contributed by atoms with van der Waals surface area (Å²) in [6.07, 6.45) is 1.98. The fourth-order valence-corrected chi connectivity index (χ4v) is 3.23. The molecule has 0 unspecified atom stereocenters. The topological polar surface area (TPSA) is 32.3 Å². The van der Waals surface area contributed by atoms with Gasteiger partial charge in [0.25, 0.3) is 0 Å². The molecule has 26 heavy (non-hydrogen) atoms. The molecule has 0 saturated heterocycles. The number of aromatic hydroxyl groups is 1. The van der Waals surface area contributed by atoms with Crippen LogP contribution in [0.3, 0.4) is 0 Å². The third kappa shape index (κ3) is 5.10. The maximum atomic E-state index is 9.40. The molecule has 0 spiro atoms. The van der Waals surface area contributed by atoms with E-state index in [0.717, 1.165) is 17.9 Å². The fraction of sp³-hybridized carbons (Fsp3) is 0.217. The van der Waals surface area contributed by atoms with Crippen molar-refractivity contribution in [3.05, 3.63) is 101 Å². The molecule has 0 fully saturated rings. The highest BCUT2D eigenvalue weighted by atomic mass is 35.5. The van der Waals surface area contributed by atoms with Crippen molar-refractivity contribution in [3.63, 3.8) is 0 Å². The molecule has 3 heteroatoms. The highest BCUT2D eigenvalue weighted by Gasteiger charge is 2.16. The van der Waals surface area contributed by atoms with Gasteiger partial charge < -0.3 is 10.4 Å². The minimum Gasteiger partial charge on any atom is -0.508 e. The largest absolute Gasteiger partial charge is 0.508 e. The molecule has 0 aliphatic heterocycles. The molecule has 3 aromatic carbocycles. The number of rotatable bonds is 7. The van der Waals surface area contributed by atoms with Crippen molar-refractivity contribution in [2.45, 2.75) is 31.8 Å². The van der Waals surface area contributed by atoms with Crippen LogP contribution in [0, 0.1) is 0 Å². The predicted octanol–water partition coefficient (Wildman–Crippen LogP) is 5.75. The van der Waals surface area contributed by atoms with E-state index >= 15 is 0 Å². The van der Waals surface area contributed by atoms with Crippen LogP contribution in [0.15, 0.2) is 78.9 Å². The van der Waals surface area contributed by atoms with E-state index < -0.39 is 0 Å². The van der Waals surface area contributed by atoms with Gasteiger partial charge in [-0.05, 0) is 60.7 Å². The Labute approximate surface area is 160 Å². The average molecular weight is 366 g/mol. The number of halogens is 1. The Bertz CT molecular complexity index is 800. The minimum atomic E-state index is 0.128. The summed E-state index contributed by atoms with van der Waals surface area (Å²) < 4.78 is 0. The summed E-state index contributed by atoms with van der Waals surface area (Å²) >= 11 is 6.06. The lowest BCUT2D eigenvalue weighted by molar-refractivity contribution is 0.470. The lowest BCUT2D eigenvalue weighted by Gasteiger charge is -2.24. The molecule has 0 radical (unpaired) electrons. The van der Waals surface area contributed by atoms with E-state index in [0.29, 0.717) is 11.8 Å². The normalized spacial score (nSPS) is 13.3. The third-order valence-corrected chi connectivity index (χ3v) is 4.84. The van der Waals surface area contributed by atoms with Gasteiger partial charge in [-0.2, -0.15) is 0 Å². The first-order valence-electron chi connectivity index (χ1n) is 8.96. The lowest BCUT2D eigenvalue weighted by atomic mass is 9.97. The van der Waals surface area contributed by atoms with Crippen molar-refractivity contribution in [2.75, 3.05) is 0 Å². The van der Waals surface area contributed by atoms with Crippen LogP contribution in [0.5, 0.6) is 5.75 Å². The quantitative estimate of drug-likeness (QED) is 0.559. The number of aryl methyl sites for hydroxylation is 1. The van der Waals surface area contributed by atoms with E-state index in [4.69, 9.17) is 11.6 Å². The molecule has 0 heterocycles. The Hall–Kier alpha value is -2.29. The standard InChI is InChI=1S/C23H24ClNO/c1-17(7-8-18-9-15-22(26)16-10-18)25-23(19-5-3-2-4-6-19)20-11-13-21(24)14-12-20/h2-6,9-17,23,25-26H,7-8H2,1H3/t17-,23-/m0/s1. The number of nitrogens with one attached hydrogen (secondary N) is 1. The second-order valence-corrected chi connectivity index (χ2v) is 7.10. The molecular formula is C23H24ClNO. The van der Waals surface area contributed by atoms with Crippen LogP contribution in [0.25, 0.3) is 0 Å². The summed E-state index contributed by atoms with van der Waals surface area (Å²) in [6, 6.07) is 26.4. The number of phenolic OH excluding ortho intramolecular Hbond substituents is 1. The molecule has 0 aliphatic carbocycles. The molecule has 3 aromatic rings. The van der Waals surface area contributed by atoms with E-state index in [2.05, 4.69) is 48.6 Å². The smallest absolute Gasteiger partial charge is 0.115 e. The van der Waals surface area contributed by atoms with Gasteiger partial charge in [-0.1, -0.05) is 66.2 Å².